The van der Waals surface area contributed by atoms with E-state index in [0.29, 0.717) is 17.7 Å². The van der Waals surface area contributed by atoms with E-state index < -0.39 is 10.0 Å². The van der Waals surface area contributed by atoms with Crippen LogP contribution in [0.3, 0.4) is 0 Å². The zero-order valence-corrected chi connectivity index (χ0v) is 12.3. The molecule has 0 aliphatic heterocycles. The Bertz CT molecular complexity index is 562. The molecule has 1 saturated carbocycles. The molecule has 0 bridgehead atoms. The van der Waals surface area contributed by atoms with Gasteiger partial charge >= 0.3 is 0 Å². The summed E-state index contributed by atoms with van der Waals surface area (Å²) in [5.74, 6) is 0. The van der Waals surface area contributed by atoms with E-state index in [-0.39, 0.29) is 16.9 Å². The number of aliphatic hydroxyl groups excluding tert-OH is 1. The van der Waals surface area contributed by atoms with E-state index >= 15 is 0 Å². The van der Waals surface area contributed by atoms with Gasteiger partial charge in [0.15, 0.2) is 0 Å². The smallest absolute Gasteiger partial charge is 0.240 e. The molecule has 0 atom stereocenters. The second-order valence-corrected chi connectivity index (χ2v) is 7.17. The third-order valence-corrected chi connectivity index (χ3v) is 5.61. The molecule has 0 spiro atoms. The lowest BCUT2D eigenvalue weighted by atomic mass is 10.1. The van der Waals surface area contributed by atoms with Crippen molar-refractivity contribution in [1.82, 2.24) is 4.72 Å². The first-order valence-electron chi connectivity index (χ1n) is 6.62. The molecule has 2 rings (SSSR count). The second kappa shape index (κ2) is 5.23. The minimum absolute atomic E-state index is 0.151. The second-order valence-electron chi connectivity index (χ2n) is 5.44. The molecule has 19 heavy (non-hydrogen) atoms. The molecule has 1 aliphatic carbocycles. The third-order valence-electron chi connectivity index (χ3n) is 4.07. The summed E-state index contributed by atoms with van der Waals surface area (Å²) in [4.78, 5) is 0.269. The number of sulfonamides is 1. The SMILES string of the molecule is CCC1(CNS(=O)(=O)c2cc(CO)ccc2C)CC1. The van der Waals surface area contributed by atoms with E-state index in [0.717, 1.165) is 19.3 Å². The van der Waals surface area contributed by atoms with Crippen LogP contribution in [0.15, 0.2) is 23.1 Å². The van der Waals surface area contributed by atoms with Crippen LogP contribution in [0.1, 0.15) is 37.3 Å². The van der Waals surface area contributed by atoms with Crippen molar-refractivity contribution >= 4 is 10.0 Å². The molecule has 0 saturated heterocycles. The maximum atomic E-state index is 12.3. The van der Waals surface area contributed by atoms with Crippen LogP contribution in [-0.4, -0.2) is 20.1 Å². The van der Waals surface area contributed by atoms with Crippen molar-refractivity contribution in [3.63, 3.8) is 0 Å². The van der Waals surface area contributed by atoms with Crippen LogP contribution in [-0.2, 0) is 16.6 Å². The predicted molar refractivity (Wildman–Crippen MR) is 74.2 cm³/mol. The fourth-order valence-corrected chi connectivity index (χ4v) is 3.64. The van der Waals surface area contributed by atoms with Gasteiger partial charge < -0.3 is 5.11 Å². The molecular weight excluding hydrogens is 262 g/mol. The van der Waals surface area contributed by atoms with Gasteiger partial charge in [-0.25, -0.2) is 13.1 Å². The molecule has 1 aromatic carbocycles. The monoisotopic (exact) mass is 283 g/mol. The Balaban J connectivity index is 2.19. The van der Waals surface area contributed by atoms with E-state index in [4.69, 9.17) is 5.11 Å². The van der Waals surface area contributed by atoms with E-state index in [2.05, 4.69) is 11.6 Å². The van der Waals surface area contributed by atoms with Crippen molar-refractivity contribution in [2.24, 2.45) is 5.41 Å². The summed E-state index contributed by atoms with van der Waals surface area (Å²) in [6.45, 7) is 4.22. The maximum absolute atomic E-state index is 12.3. The highest BCUT2D eigenvalue weighted by Crippen LogP contribution is 2.48. The summed E-state index contributed by atoms with van der Waals surface area (Å²) < 4.78 is 27.3. The van der Waals surface area contributed by atoms with Gasteiger partial charge in [0, 0.05) is 6.54 Å². The van der Waals surface area contributed by atoms with Crippen LogP contribution >= 0.6 is 0 Å². The minimum Gasteiger partial charge on any atom is -0.392 e. The van der Waals surface area contributed by atoms with Crippen LogP contribution in [0, 0.1) is 12.3 Å². The van der Waals surface area contributed by atoms with Gasteiger partial charge in [0.05, 0.1) is 11.5 Å². The van der Waals surface area contributed by atoms with Gasteiger partial charge in [-0.3, -0.25) is 0 Å². The van der Waals surface area contributed by atoms with Crippen molar-refractivity contribution in [2.75, 3.05) is 6.54 Å². The molecule has 4 nitrogen and oxygen atoms in total. The Labute approximate surface area is 114 Å². The molecule has 0 aromatic heterocycles. The lowest BCUT2D eigenvalue weighted by Gasteiger charge is -2.15. The van der Waals surface area contributed by atoms with E-state index in [9.17, 15) is 8.42 Å². The number of hydrogen-bond acceptors (Lipinski definition) is 3. The Kier molecular flexibility index (Phi) is 3.99. The summed E-state index contributed by atoms with van der Waals surface area (Å²) in [5, 5.41) is 9.11. The van der Waals surface area contributed by atoms with Crippen LogP contribution in [0.2, 0.25) is 0 Å². The van der Waals surface area contributed by atoms with Crippen molar-refractivity contribution in [3.8, 4) is 0 Å². The summed E-state index contributed by atoms with van der Waals surface area (Å²) >= 11 is 0. The topological polar surface area (TPSA) is 66.4 Å². The lowest BCUT2D eigenvalue weighted by molar-refractivity contribution is 0.281. The maximum Gasteiger partial charge on any atom is 0.240 e. The highest BCUT2D eigenvalue weighted by molar-refractivity contribution is 7.89. The van der Waals surface area contributed by atoms with Crippen molar-refractivity contribution in [2.45, 2.75) is 44.6 Å². The number of rotatable bonds is 6. The third kappa shape index (κ3) is 3.16. The molecule has 0 amide bonds. The Hall–Kier alpha value is -0.910. The van der Waals surface area contributed by atoms with Crippen LogP contribution < -0.4 is 4.72 Å². The molecule has 5 heteroatoms. The van der Waals surface area contributed by atoms with Gasteiger partial charge in [-0.05, 0) is 48.8 Å². The minimum atomic E-state index is -3.49. The molecule has 106 valence electrons. The Morgan fingerprint density at radius 3 is 2.58 bits per heavy atom. The quantitative estimate of drug-likeness (QED) is 0.838. The zero-order valence-electron chi connectivity index (χ0n) is 11.4. The molecule has 1 aromatic rings. The molecule has 1 fully saturated rings. The molecule has 0 heterocycles. The van der Waals surface area contributed by atoms with Crippen molar-refractivity contribution in [1.29, 1.82) is 0 Å². The van der Waals surface area contributed by atoms with E-state index in [1.54, 1.807) is 25.1 Å². The van der Waals surface area contributed by atoms with Gasteiger partial charge in [-0.2, -0.15) is 0 Å². The van der Waals surface area contributed by atoms with E-state index in [1.807, 2.05) is 0 Å². The molecule has 0 unspecified atom stereocenters. The van der Waals surface area contributed by atoms with E-state index in [1.165, 1.54) is 0 Å². The van der Waals surface area contributed by atoms with Crippen LogP contribution in [0.5, 0.6) is 0 Å². The average molecular weight is 283 g/mol. The fraction of sp³-hybridized carbons (Fsp3) is 0.571. The number of nitrogens with one attached hydrogen (secondary N) is 1. The zero-order chi connectivity index (χ0) is 14.1. The van der Waals surface area contributed by atoms with Crippen molar-refractivity contribution < 1.29 is 13.5 Å². The van der Waals surface area contributed by atoms with Gasteiger partial charge in [0.2, 0.25) is 10.0 Å². The van der Waals surface area contributed by atoms with Crippen molar-refractivity contribution in [3.05, 3.63) is 29.3 Å². The lowest BCUT2D eigenvalue weighted by Crippen LogP contribution is -2.30. The van der Waals surface area contributed by atoms with Crippen LogP contribution in [0.4, 0.5) is 0 Å². The number of hydrogen-bond donors (Lipinski definition) is 2. The van der Waals surface area contributed by atoms with Crippen LogP contribution in [0.25, 0.3) is 0 Å². The summed E-state index contributed by atoms with van der Waals surface area (Å²) in [6.07, 6.45) is 3.20. The van der Waals surface area contributed by atoms with Gasteiger partial charge in [0.1, 0.15) is 0 Å². The first kappa shape index (κ1) is 14.5. The number of aliphatic hydroxyl groups is 1. The van der Waals surface area contributed by atoms with Gasteiger partial charge in [-0.1, -0.05) is 19.1 Å². The fourth-order valence-electron chi connectivity index (χ4n) is 2.19. The molecule has 2 N–H and O–H groups in total. The standard InChI is InChI=1S/C14H21NO3S/c1-3-14(6-7-14)10-15-19(17,18)13-8-12(9-16)5-4-11(13)2/h4-5,8,15-16H,3,6-7,9-10H2,1-2H3. The number of aryl methyl sites for hydroxylation is 1. The number of benzene rings is 1. The summed E-state index contributed by atoms with van der Waals surface area (Å²) in [6, 6.07) is 5.01. The summed E-state index contributed by atoms with van der Waals surface area (Å²) in [7, 11) is -3.49. The Morgan fingerprint density at radius 1 is 1.37 bits per heavy atom. The highest BCUT2D eigenvalue weighted by atomic mass is 32.2. The average Bonchev–Trinajstić information content (AvgIpc) is 3.18. The highest BCUT2D eigenvalue weighted by Gasteiger charge is 2.41. The van der Waals surface area contributed by atoms with Gasteiger partial charge in [-0.15, -0.1) is 0 Å². The largest absolute Gasteiger partial charge is 0.392 e. The summed E-state index contributed by atoms with van der Waals surface area (Å²) in [5.41, 5.74) is 1.49. The molecular formula is C14H21NO3S. The normalized spacial score (nSPS) is 17.4. The molecule has 1 aliphatic rings. The Morgan fingerprint density at radius 2 is 2.05 bits per heavy atom. The predicted octanol–water partition coefficient (Wildman–Crippen LogP) is 1.96. The molecule has 0 radical (unpaired) electrons. The van der Waals surface area contributed by atoms with Gasteiger partial charge in [0.25, 0.3) is 0 Å². The first-order chi connectivity index (χ1) is 8.92. The first-order valence-corrected chi connectivity index (χ1v) is 8.11.